The molecule has 2 aromatic carbocycles. The molecule has 100 valence electrons. The lowest BCUT2D eigenvalue weighted by Crippen LogP contribution is -2.03. The van der Waals surface area contributed by atoms with Crippen molar-refractivity contribution in [2.75, 3.05) is 0 Å². The highest BCUT2D eigenvalue weighted by molar-refractivity contribution is 5.31. The summed E-state index contributed by atoms with van der Waals surface area (Å²) in [6.07, 6.45) is 0.840. The van der Waals surface area contributed by atoms with Crippen LogP contribution in [0.4, 0.5) is 0 Å². The van der Waals surface area contributed by atoms with E-state index in [1.165, 1.54) is 4.80 Å². The maximum atomic E-state index is 10.4. The molecule has 0 saturated heterocycles. The van der Waals surface area contributed by atoms with Crippen LogP contribution in [-0.4, -0.2) is 20.1 Å². The smallest absolute Gasteiger partial charge is 0.124 e. The summed E-state index contributed by atoms with van der Waals surface area (Å²) >= 11 is 0. The molecule has 0 aliphatic rings. The Balaban J connectivity index is 1.90. The van der Waals surface area contributed by atoms with Crippen LogP contribution in [-0.2, 0) is 0 Å². The molecule has 3 aromatic rings. The van der Waals surface area contributed by atoms with Gasteiger partial charge in [-0.25, -0.2) is 0 Å². The minimum absolute atomic E-state index is 0.541. The summed E-state index contributed by atoms with van der Waals surface area (Å²) < 4.78 is 0. The number of aromatic nitrogens is 3. The first-order chi connectivity index (χ1) is 9.74. The van der Waals surface area contributed by atoms with E-state index in [0.717, 1.165) is 16.8 Å². The molecule has 20 heavy (non-hydrogen) atoms. The molecular formula is C16H15N3O. The van der Waals surface area contributed by atoms with E-state index in [4.69, 9.17) is 0 Å². The zero-order valence-corrected chi connectivity index (χ0v) is 11.1. The molecule has 0 radical (unpaired) electrons. The van der Waals surface area contributed by atoms with Crippen molar-refractivity contribution in [3.63, 3.8) is 0 Å². The average molecular weight is 265 g/mol. The van der Waals surface area contributed by atoms with Gasteiger partial charge in [0.25, 0.3) is 0 Å². The summed E-state index contributed by atoms with van der Waals surface area (Å²) in [6.45, 7) is 2.00. The molecule has 0 fully saturated rings. The topological polar surface area (TPSA) is 50.9 Å². The first-order valence-corrected chi connectivity index (χ1v) is 6.46. The number of aliphatic hydroxyl groups is 1. The molecule has 0 saturated carbocycles. The summed E-state index contributed by atoms with van der Waals surface area (Å²) in [6, 6.07) is 17.4. The lowest BCUT2D eigenvalue weighted by molar-refractivity contribution is 0.214. The van der Waals surface area contributed by atoms with Crippen LogP contribution in [0.2, 0.25) is 0 Å². The molecule has 1 aromatic heterocycles. The third kappa shape index (κ3) is 2.46. The van der Waals surface area contributed by atoms with E-state index < -0.39 is 6.10 Å². The van der Waals surface area contributed by atoms with Gasteiger partial charge >= 0.3 is 0 Å². The summed E-state index contributed by atoms with van der Waals surface area (Å²) in [4.78, 5) is 1.52. The SMILES string of the molecule is Cc1cccc(C(O)c2cnn(-c3ccccc3)n2)c1. The fourth-order valence-corrected chi connectivity index (χ4v) is 2.10. The maximum Gasteiger partial charge on any atom is 0.124 e. The number of rotatable bonds is 3. The van der Waals surface area contributed by atoms with Gasteiger partial charge in [-0.3, -0.25) is 0 Å². The molecule has 1 unspecified atom stereocenters. The van der Waals surface area contributed by atoms with Crippen molar-refractivity contribution < 1.29 is 5.11 Å². The molecule has 1 N–H and O–H groups in total. The van der Waals surface area contributed by atoms with Gasteiger partial charge in [0.1, 0.15) is 11.8 Å². The molecule has 0 aliphatic heterocycles. The Hall–Kier alpha value is -2.46. The average Bonchev–Trinajstić information content (AvgIpc) is 2.97. The minimum Gasteiger partial charge on any atom is -0.382 e. The first kappa shape index (κ1) is 12.6. The first-order valence-electron chi connectivity index (χ1n) is 6.46. The molecule has 4 heteroatoms. The number of hydrogen-bond donors (Lipinski definition) is 1. The zero-order chi connectivity index (χ0) is 13.9. The van der Waals surface area contributed by atoms with Crippen LogP contribution in [0.1, 0.15) is 22.9 Å². The number of hydrogen-bond acceptors (Lipinski definition) is 3. The molecule has 0 amide bonds. The molecule has 1 atom stereocenters. The molecule has 0 spiro atoms. The Labute approximate surface area is 117 Å². The van der Waals surface area contributed by atoms with Gasteiger partial charge in [-0.2, -0.15) is 15.0 Å². The second-order valence-electron chi connectivity index (χ2n) is 4.71. The van der Waals surface area contributed by atoms with Crippen molar-refractivity contribution in [2.24, 2.45) is 0 Å². The van der Waals surface area contributed by atoms with Gasteiger partial charge in [-0.15, -0.1) is 0 Å². The largest absolute Gasteiger partial charge is 0.382 e. The lowest BCUT2D eigenvalue weighted by Gasteiger charge is -2.08. The maximum absolute atomic E-state index is 10.4. The molecule has 0 bridgehead atoms. The van der Waals surface area contributed by atoms with Gasteiger partial charge in [0, 0.05) is 0 Å². The predicted octanol–water partition coefficient (Wildman–Crippen LogP) is 2.66. The Bertz CT molecular complexity index is 707. The van der Waals surface area contributed by atoms with E-state index >= 15 is 0 Å². The van der Waals surface area contributed by atoms with Crippen molar-refractivity contribution in [1.82, 2.24) is 15.0 Å². The molecule has 0 aliphatic carbocycles. The van der Waals surface area contributed by atoms with E-state index in [1.807, 2.05) is 61.5 Å². The molecule has 1 heterocycles. The number of para-hydroxylation sites is 1. The van der Waals surface area contributed by atoms with Gasteiger partial charge in [0.2, 0.25) is 0 Å². The van der Waals surface area contributed by atoms with Crippen LogP contribution in [0.5, 0.6) is 0 Å². The highest BCUT2D eigenvalue weighted by Gasteiger charge is 2.14. The van der Waals surface area contributed by atoms with E-state index in [2.05, 4.69) is 10.2 Å². The van der Waals surface area contributed by atoms with Gasteiger partial charge in [-0.05, 0) is 24.6 Å². The third-order valence-corrected chi connectivity index (χ3v) is 3.13. The van der Waals surface area contributed by atoms with Gasteiger partial charge in [0.05, 0.1) is 11.9 Å². The summed E-state index contributed by atoms with van der Waals surface area (Å²) in [5, 5.41) is 18.9. The Morgan fingerprint density at radius 2 is 1.85 bits per heavy atom. The summed E-state index contributed by atoms with van der Waals surface area (Å²) in [5.41, 5.74) is 3.34. The number of benzene rings is 2. The van der Waals surface area contributed by atoms with Gasteiger partial charge in [-0.1, -0.05) is 48.0 Å². The highest BCUT2D eigenvalue weighted by Crippen LogP contribution is 2.20. The van der Waals surface area contributed by atoms with Crippen LogP contribution in [0.25, 0.3) is 5.69 Å². The minimum atomic E-state index is -0.757. The highest BCUT2D eigenvalue weighted by atomic mass is 16.3. The van der Waals surface area contributed by atoms with Crippen LogP contribution >= 0.6 is 0 Å². The lowest BCUT2D eigenvalue weighted by atomic mass is 10.1. The molecule has 3 rings (SSSR count). The van der Waals surface area contributed by atoms with E-state index in [0.29, 0.717) is 5.69 Å². The van der Waals surface area contributed by atoms with Gasteiger partial charge < -0.3 is 5.11 Å². The quantitative estimate of drug-likeness (QED) is 0.792. The summed E-state index contributed by atoms with van der Waals surface area (Å²) in [5.74, 6) is 0. The number of nitrogens with zero attached hydrogens (tertiary/aromatic N) is 3. The van der Waals surface area contributed by atoms with Crippen LogP contribution in [0.3, 0.4) is 0 Å². The van der Waals surface area contributed by atoms with Crippen molar-refractivity contribution in [3.8, 4) is 5.69 Å². The van der Waals surface area contributed by atoms with Gasteiger partial charge in [0.15, 0.2) is 0 Å². The van der Waals surface area contributed by atoms with E-state index in [9.17, 15) is 5.11 Å². The monoisotopic (exact) mass is 265 g/mol. The van der Waals surface area contributed by atoms with Crippen LogP contribution in [0, 0.1) is 6.92 Å². The van der Waals surface area contributed by atoms with Crippen LogP contribution in [0.15, 0.2) is 60.8 Å². The molecule has 4 nitrogen and oxygen atoms in total. The third-order valence-electron chi connectivity index (χ3n) is 3.13. The fourth-order valence-electron chi connectivity index (χ4n) is 2.10. The second kappa shape index (κ2) is 5.27. The Kier molecular flexibility index (Phi) is 3.31. The second-order valence-corrected chi connectivity index (χ2v) is 4.71. The fraction of sp³-hybridized carbons (Fsp3) is 0.125. The normalized spacial score (nSPS) is 12.3. The van der Waals surface area contributed by atoms with Crippen molar-refractivity contribution in [2.45, 2.75) is 13.0 Å². The molecular weight excluding hydrogens is 250 g/mol. The van der Waals surface area contributed by atoms with E-state index in [-0.39, 0.29) is 0 Å². The number of aliphatic hydroxyl groups excluding tert-OH is 1. The van der Waals surface area contributed by atoms with Crippen LogP contribution < -0.4 is 0 Å². The Morgan fingerprint density at radius 1 is 1.05 bits per heavy atom. The standard InChI is InChI=1S/C16H15N3O/c1-12-6-5-7-13(10-12)16(20)15-11-17-19(18-15)14-8-3-2-4-9-14/h2-11,16,20H,1H3. The van der Waals surface area contributed by atoms with Crippen molar-refractivity contribution in [1.29, 1.82) is 0 Å². The Morgan fingerprint density at radius 3 is 2.60 bits per heavy atom. The number of aryl methyl sites for hydroxylation is 1. The predicted molar refractivity (Wildman–Crippen MR) is 76.6 cm³/mol. The van der Waals surface area contributed by atoms with Crippen molar-refractivity contribution >= 4 is 0 Å². The summed E-state index contributed by atoms with van der Waals surface area (Å²) in [7, 11) is 0. The van der Waals surface area contributed by atoms with E-state index in [1.54, 1.807) is 6.20 Å². The van der Waals surface area contributed by atoms with Crippen molar-refractivity contribution in [3.05, 3.63) is 77.6 Å². The zero-order valence-electron chi connectivity index (χ0n) is 11.1.